The molecule has 1 aliphatic heterocycles. The largest absolute Gasteiger partial charge is 0.440 e. The SMILES string of the molecule is Cc1ccc(S(=O)(=O)N2CC(CC(=O)NC3CC4(C3)CC(c3nc5cc(Cl)ccc5o3)C4)C2)cc1. The Hall–Kier alpha value is -2.42. The average Bonchev–Trinajstić information content (AvgIpc) is 3.13. The number of oxazole rings is 1. The van der Waals surface area contributed by atoms with Gasteiger partial charge in [0, 0.05) is 36.5 Å². The van der Waals surface area contributed by atoms with Gasteiger partial charge in [-0.2, -0.15) is 4.31 Å². The number of carbonyl (C=O) groups excluding carboxylic acids is 1. The van der Waals surface area contributed by atoms with Crippen LogP contribution in [-0.2, 0) is 14.8 Å². The van der Waals surface area contributed by atoms with Gasteiger partial charge in [-0.1, -0.05) is 29.3 Å². The summed E-state index contributed by atoms with van der Waals surface area (Å²) in [7, 11) is -3.47. The second-order valence-corrected chi connectivity index (χ2v) is 13.0. The third-order valence-electron chi connectivity index (χ3n) is 7.85. The molecule has 1 N–H and O–H groups in total. The van der Waals surface area contributed by atoms with Crippen molar-refractivity contribution in [1.82, 2.24) is 14.6 Å². The molecule has 7 nitrogen and oxygen atoms in total. The van der Waals surface area contributed by atoms with Gasteiger partial charge in [0.2, 0.25) is 15.9 Å². The second-order valence-electron chi connectivity index (χ2n) is 10.6. The molecule has 0 radical (unpaired) electrons. The normalized spacial score (nSPS) is 26.8. The number of carbonyl (C=O) groups is 1. The molecule has 1 amide bonds. The first-order chi connectivity index (χ1) is 16.7. The lowest BCUT2D eigenvalue weighted by Crippen LogP contribution is -2.57. The average molecular weight is 514 g/mol. The van der Waals surface area contributed by atoms with Gasteiger partial charge in [-0.15, -0.1) is 0 Å². The Morgan fingerprint density at radius 2 is 1.86 bits per heavy atom. The Bertz CT molecular complexity index is 1380. The van der Waals surface area contributed by atoms with E-state index in [2.05, 4.69) is 10.3 Å². The van der Waals surface area contributed by atoms with Crippen LogP contribution >= 0.6 is 11.6 Å². The highest BCUT2D eigenvalue weighted by Gasteiger charge is 2.54. The molecule has 2 aliphatic carbocycles. The number of benzene rings is 2. The molecule has 184 valence electrons. The maximum atomic E-state index is 12.7. The fourth-order valence-corrected chi connectivity index (χ4v) is 7.69. The molecule has 2 saturated carbocycles. The molecule has 3 aromatic rings. The Labute approximate surface area is 209 Å². The number of halogens is 1. The number of nitrogens with one attached hydrogen (secondary N) is 1. The molecule has 0 bridgehead atoms. The molecular formula is C26H28ClN3O4S. The van der Waals surface area contributed by atoms with E-state index < -0.39 is 10.0 Å². The van der Waals surface area contributed by atoms with Crippen molar-refractivity contribution in [3.8, 4) is 0 Å². The van der Waals surface area contributed by atoms with Crippen molar-refractivity contribution in [3.63, 3.8) is 0 Å². The number of sulfonamides is 1. The van der Waals surface area contributed by atoms with Crippen LogP contribution in [0.25, 0.3) is 11.1 Å². The number of hydrogen-bond donors (Lipinski definition) is 1. The minimum Gasteiger partial charge on any atom is -0.440 e. The molecular weight excluding hydrogens is 486 g/mol. The van der Waals surface area contributed by atoms with Gasteiger partial charge >= 0.3 is 0 Å². The molecule has 2 aromatic carbocycles. The molecule has 35 heavy (non-hydrogen) atoms. The van der Waals surface area contributed by atoms with Gasteiger partial charge in [-0.05, 0) is 74.3 Å². The maximum absolute atomic E-state index is 12.7. The van der Waals surface area contributed by atoms with Crippen LogP contribution in [0.4, 0.5) is 0 Å². The highest BCUT2D eigenvalue weighted by atomic mass is 35.5. The molecule has 2 heterocycles. The lowest BCUT2D eigenvalue weighted by Gasteiger charge is -2.57. The van der Waals surface area contributed by atoms with Crippen LogP contribution < -0.4 is 5.32 Å². The number of rotatable bonds is 6. The Morgan fingerprint density at radius 1 is 1.14 bits per heavy atom. The smallest absolute Gasteiger partial charge is 0.243 e. The molecule has 0 unspecified atom stereocenters. The van der Waals surface area contributed by atoms with E-state index in [1.165, 1.54) is 4.31 Å². The monoisotopic (exact) mass is 513 g/mol. The Balaban J connectivity index is 0.940. The first kappa shape index (κ1) is 23.0. The number of aromatic nitrogens is 1. The summed E-state index contributed by atoms with van der Waals surface area (Å²) in [5, 5.41) is 3.81. The van der Waals surface area contributed by atoms with Crippen molar-refractivity contribution in [3.05, 3.63) is 58.9 Å². The summed E-state index contributed by atoms with van der Waals surface area (Å²) in [6.45, 7) is 2.72. The summed E-state index contributed by atoms with van der Waals surface area (Å²) in [6.07, 6.45) is 4.42. The van der Waals surface area contributed by atoms with Gasteiger partial charge in [0.25, 0.3) is 0 Å². The Kier molecular flexibility index (Phi) is 5.47. The van der Waals surface area contributed by atoms with Gasteiger partial charge in [-0.25, -0.2) is 13.4 Å². The lowest BCUT2D eigenvalue weighted by molar-refractivity contribution is -0.126. The van der Waals surface area contributed by atoms with Crippen molar-refractivity contribution in [1.29, 1.82) is 0 Å². The van der Waals surface area contributed by atoms with E-state index in [1.54, 1.807) is 24.3 Å². The van der Waals surface area contributed by atoms with Crippen LogP contribution in [0.1, 0.15) is 49.5 Å². The van der Waals surface area contributed by atoms with Gasteiger partial charge in [-0.3, -0.25) is 4.79 Å². The van der Waals surface area contributed by atoms with E-state index in [9.17, 15) is 13.2 Å². The van der Waals surface area contributed by atoms with Crippen molar-refractivity contribution in [2.75, 3.05) is 13.1 Å². The number of aryl methyl sites for hydroxylation is 1. The zero-order valence-electron chi connectivity index (χ0n) is 19.5. The minimum atomic E-state index is -3.47. The quantitative estimate of drug-likeness (QED) is 0.518. The highest BCUT2D eigenvalue weighted by Crippen LogP contribution is 2.61. The first-order valence-corrected chi connectivity index (χ1v) is 13.9. The third-order valence-corrected chi connectivity index (χ3v) is 9.94. The standard InChI is InChI=1S/C26H28ClN3O4S/c1-16-2-5-21(6-3-16)35(32,33)30-14-17(15-30)8-24(31)28-20-12-26(13-20)10-18(11-26)25-29-22-9-19(27)4-7-23(22)34-25/h2-7,9,17-18,20H,8,10-15H2,1H3,(H,28,31). The minimum absolute atomic E-state index is 0.0222. The van der Waals surface area contributed by atoms with E-state index >= 15 is 0 Å². The molecule has 9 heteroatoms. The summed E-state index contributed by atoms with van der Waals surface area (Å²) in [6, 6.07) is 12.6. The summed E-state index contributed by atoms with van der Waals surface area (Å²) < 4.78 is 32.8. The van der Waals surface area contributed by atoms with Crippen LogP contribution in [-0.4, -0.2) is 42.7 Å². The number of amides is 1. The zero-order chi connectivity index (χ0) is 24.4. The molecule has 1 saturated heterocycles. The fourth-order valence-electron chi connectivity index (χ4n) is 5.93. The van der Waals surface area contributed by atoms with E-state index in [1.807, 2.05) is 25.1 Å². The van der Waals surface area contributed by atoms with Crippen LogP contribution in [0.2, 0.25) is 5.02 Å². The highest BCUT2D eigenvalue weighted by molar-refractivity contribution is 7.89. The van der Waals surface area contributed by atoms with E-state index in [4.69, 9.17) is 16.0 Å². The predicted molar refractivity (Wildman–Crippen MR) is 133 cm³/mol. The predicted octanol–water partition coefficient (Wildman–Crippen LogP) is 4.64. The van der Waals surface area contributed by atoms with Gasteiger partial charge in [0.1, 0.15) is 5.52 Å². The third kappa shape index (κ3) is 4.26. The second kappa shape index (κ2) is 8.32. The molecule has 1 spiro atoms. The lowest BCUT2D eigenvalue weighted by atomic mass is 9.50. The topological polar surface area (TPSA) is 92.5 Å². The van der Waals surface area contributed by atoms with Crippen LogP contribution in [0.3, 0.4) is 0 Å². The summed E-state index contributed by atoms with van der Waals surface area (Å²) >= 11 is 6.05. The van der Waals surface area contributed by atoms with E-state index in [-0.39, 0.29) is 23.3 Å². The van der Waals surface area contributed by atoms with Gasteiger partial charge in [0.05, 0.1) is 4.90 Å². The van der Waals surface area contributed by atoms with E-state index in [0.29, 0.717) is 35.3 Å². The Morgan fingerprint density at radius 3 is 2.57 bits per heavy atom. The van der Waals surface area contributed by atoms with Crippen LogP contribution in [0, 0.1) is 18.3 Å². The summed E-state index contributed by atoms with van der Waals surface area (Å²) in [5.74, 6) is 1.21. The molecule has 3 aliphatic rings. The van der Waals surface area contributed by atoms with Gasteiger partial charge in [0.15, 0.2) is 11.5 Å². The van der Waals surface area contributed by atoms with Crippen molar-refractivity contribution >= 4 is 38.6 Å². The number of fused-ring (bicyclic) bond motifs is 1. The van der Waals surface area contributed by atoms with Gasteiger partial charge < -0.3 is 9.73 Å². The molecule has 6 rings (SSSR count). The van der Waals surface area contributed by atoms with Crippen molar-refractivity contribution in [2.45, 2.75) is 55.9 Å². The van der Waals surface area contributed by atoms with Crippen molar-refractivity contribution in [2.24, 2.45) is 11.3 Å². The first-order valence-electron chi connectivity index (χ1n) is 12.1. The van der Waals surface area contributed by atoms with Crippen LogP contribution in [0.15, 0.2) is 51.8 Å². The van der Waals surface area contributed by atoms with Crippen molar-refractivity contribution < 1.29 is 17.6 Å². The molecule has 0 atom stereocenters. The summed E-state index contributed by atoms with van der Waals surface area (Å²) in [4.78, 5) is 17.5. The van der Waals surface area contributed by atoms with E-state index in [0.717, 1.165) is 48.2 Å². The number of hydrogen-bond acceptors (Lipinski definition) is 5. The molecule has 3 fully saturated rings. The fraction of sp³-hybridized carbons (Fsp3) is 0.462. The van der Waals surface area contributed by atoms with Crippen LogP contribution in [0.5, 0.6) is 0 Å². The summed E-state index contributed by atoms with van der Waals surface area (Å²) in [5.41, 5.74) is 2.88. The zero-order valence-corrected chi connectivity index (χ0v) is 21.1. The number of nitrogens with zero attached hydrogens (tertiary/aromatic N) is 2. The molecule has 1 aromatic heterocycles. The maximum Gasteiger partial charge on any atom is 0.243 e.